The Kier molecular flexibility index (Phi) is 5.71. The first-order valence-corrected chi connectivity index (χ1v) is 7.20. The fourth-order valence-electron chi connectivity index (χ4n) is 1.95. The SMILES string of the molecule is Clc1ccc(CNCCCc2ccccc2)c(Cl)c1. The molecule has 0 fully saturated rings. The summed E-state index contributed by atoms with van der Waals surface area (Å²) in [5.41, 5.74) is 2.47. The lowest BCUT2D eigenvalue weighted by atomic mass is 10.1. The molecule has 0 unspecified atom stereocenters. The standard InChI is InChI=1S/C16H17Cl2N/c17-15-9-8-14(16(18)11-15)12-19-10-4-7-13-5-2-1-3-6-13/h1-3,5-6,8-9,11,19H,4,7,10,12H2. The van der Waals surface area contributed by atoms with Crippen molar-refractivity contribution in [3.8, 4) is 0 Å². The van der Waals surface area contributed by atoms with Crippen LogP contribution in [-0.4, -0.2) is 6.54 Å². The van der Waals surface area contributed by atoms with Gasteiger partial charge in [0.1, 0.15) is 0 Å². The molecule has 100 valence electrons. The molecule has 0 aromatic heterocycles. The molecule has 0 heterocycles. The minimum Gasteiger partial charge on any atom is -0.313 e. The number of hydrogen-bond donors (Lipinski definition) is 1. The molecule has 2 aromatic rings. The molecule has 2 rings (SSSR count). The van der Waals surface area contributed by atoms with Gasteiger partial charge < -0.3 is 5.32 Å². The molecule has 2 aromatic carbocycles. The molecule has 0 amide bonds. The molecule has 1 N–H and O–H groups in total. The van der Waals surface area contributed by atoms with Crippen molar-refractivity contribution in [2.45, 2.75) is 19.4 Å². The molecule has 0 saturated carbocycles. The van der Waals surface area contributed by atoms with Gasteiger partial charge in [-0.05, 0) is 42.6 Å². The fraction of sp³-hybridized carbons (Fsp3) is 0.250. The van der Waals surface area contributed by atoms with Gasteiger partial charge in [-0.25, -0.2) is 0 Å². The monoisotopic (exact) mass is 293 g/mol. The lowest BCUT2D eigenvalue weighted by Gasteiger charge is -2.07. The zero-order valence-corrected chi connectivity index (χ0v) is 12.2. The predicted octanol–water partition coefficient (Wildman–Crippen LogP) is 4.72. The maximum atomic E-state index is 6.11. The summed E-state index contributed by atoms with van der Waals surface area (Å²) in [4.78, 5) is 0. The first kappa shape index (κ1) is 14.4. The highest BCUT2D eigenvalue weighted by Crippen LogP contribution is 2.20. The smallest absolute Gasteiger partial charge is 0.0465 e. The number of hydrogen-bond acceptors (Lipinski definition) is 1. The summed E-state index contributed by atoms with van der Waals surface area (Å²) in [6.07, 6.45) is 2.22. The van der Waals surface area contributed by atoms with Crippen molar-refractivity contribution < 1.29 is 0 Å². The number of benzene rings is 2. The van der Waals surface area contributed by atoms with E-state index in [0.29, 0.717) is 5.02 Å². The van der Waals surface area contributed by atoms with Gasteiger partial charge in [0, 0.05) is 16.6 Å². The van der Waals surface area contributed by atoms with Gasteiger partial charge in [0.25, 0.3) is 0 Å². The number of halogens is 2. The van der Waals surface area contributed by atoms with Crippen LogP contribution in [0, 0.1) is 0 Å². The number of nitrogens with one attached hydrogen (secondary N) is 1. The van der Waals surface area contributed by atoms with E-state index in [1.807, 2.05) is 18.2 Å². The van der Waals surface area contributed by atoms with Crippen LogP contribution in [0.5, 0.6) is 0 Å². The van der Waals surface area contributed by atoms with E-state index >= 15 is 0 Å². The van der Waals surface area contributed by atoms with Crippen molar-refractivity contribution in [2.75, 3.05) is 6.54 Å². The Morgan fingerprint density at radius 2 is 1.74 bits per heavy atom. The molecule has 0 spiro atoms. The Hall–Kier alpha value is -1.02. The van der Waals surface area contributed by atoms with Crippen molar-refractivity contribution >= 4 is 23.2 Å². The van der Waals surface area contributed by atoms with Gasteiger partial charge in [-0.15, -0.1) is 0 Å². The summed E-state index contributed by atoms with van der Waals surface area (Å²) >= 11 is 12.0. The normalized spacial score (nSPS) is 10.6. The van der Waals surface area contributed by atoms with Crippen molar-refractivity contribution in [1.82, 2.24) is 5.32 Å². The quantitative estimate of drug-likeness (QED) is 0.760. The van der Waals surface area contributed by atoms with Crippen molar-refractivity contribution in [3.05, 3.63) is 69.7 Å². The largest absolute Gasteiger partial charge is 0.313 e. The van der Waals surface area contributed by atoms with Gasteiger partial charge in [-0.3, -0.25) is 0 Å². The van der Waals surface area contributed by atoms with Crippen LogP contribution in [0.15, 0.2) is 48.5 Å². The molecular weight excluding hydrogens is 277 g/mol. The molecule has 0 aliphatic heterocycles. The maximum Gasteiger partial charge on any atom is 0.0465 e. The van der Waals surface area contributed by atoms with Gasteiger partial charge >= 0.3 is 0 Å². The first-order valence-electron chi connectivity index (χ1n) is 6.44. The average molecular weight is 294 g/mol. The average Bonchev–Trinajstić information content (AvgIpc) is 2.42. The van der Waals surface area contributed by atoms with E-state index in [1.54, 1.807) is 6.07 Å². The molecule has 3 heteroatoms. The summed E-state index contributed by atoms with van der Waals surface area (Å²) < 4.78 is 0. The summed E-state index contributed by atoms with van der Waals surface area (Å²) in [6, 6.07) is 16.1. The zero-order chi connectivity index (χ0) is 13.5. The molecule has 0 atom stereocenters. The van der Waals surface area contributed by atoms with E-state index < -0.39 is 0 Å². The van der Waals surface area contributed by atoms with Gasteiger partial charge in [0.2, 0.25) is 0 Å². The minimum absolute atomic E-state index is 0.679. The van der Waals surface area contributed by atoms with Gasteiger partial charge in [-0.1, -0.05) is 59.6 Å². The minimum atomic E-state index is 0.679. The molecule has 0 radical (unpaired) electrons. The Bertz CT molecular complexity index is 511. The number of aryl methyl sites for hydroxylation is 1. The zero-order valence-electron chi connectivity index (χ0n) is 10.7. The topological polar surface area (TPSA) is 12.0 Å². The van der Waals surface area contributed by atoms with Crippen LogP contribution < -0.4 is 5.32 Å². The van der Waals surface area contributed by atoms with Crippen LogP contribution in [-0.2, 0) is 13.0 Å². The second-order valence-electron chi connectivity index (χ2n) is 4.50. The lowest BCUT2D eigenvalue weighted by Crippen LogP contribution is -2.15. The predicted molar refractivity (Wildman–Crippen MR) is 82.9 cm³/mol. The Balaban J connectivity index is 1.69. The lowest BCUT2D eigenvalue weighted by molar-refractivity contribution is 0.649. The third kappa shape index (κ3) is 4.87. The molecule has 0 aliphatic rings. The number of rotatable bonds is 6. The third-order valence-corrected chi connectivity index (χ3v) is 3.58. The van der Waals surface area contributed by atoms with E-state index in [2.05, 4.69) is 29.6 Å². The highest BCUT2D eigenvalue weighted by Gasteiger charge is 2.00. The van der Waals surface area contributed by atoms with Crippen molar-refractivity contribution in [1.29, 1.82) is 0 Å². The molecule has 1 nitrogen and oxygen atoms in total. The van der Waals surface area contributed by atoms with Crippen molar-refractivity contribution in [2.24, 2.45) is 0 Å². The highest BCUT2D eigenvalue weighted by atomic mass is 35.5. The van der Waals surface area contributed by atoms with Crippen LogP contribution in [0.2, 0.25) is 10.0 Å². The summed E-state index contributed by atoms with van der Waals surface area (Å²) in [7, 11) is 0. The second-order valence-corrected chi connectivity index (χ2v) is 5.35. The molecule has 19 heavy (non-hydrogen) atoms. The van der Waals surface area contributed by atoms with Crippen LogP contribution >= 0.6 is 23.2 Å². The third-order valence-electron chi connectivity index (χ3n) is 2.99. The van der Waals surface area contributed by atoms with E-state index in [-0.39, 0.29) is 0 Å². The fourth-order valence-corrected chi connectivity index (χ4v) is 2.43. The van der Waals surface area contributed by atoms with E-state index in [4.69, 9.17) is 23.2 Å². The van der Waals surface area contributed by atoms with Gasteiger partial charge in [-0.2, -0.15) is 0 Å². The van der Waals surface area contributed by atoms with E-state index in [1.165, 1.54) is 5.56 Å². The van der Waals surface area contributed by atoms with Gasteiger partial charge in [0.05, 0.1) is 0 Å². The maximum absolute atomic E-state index is 6.11. The summed E-state index contributed by atoms with van der Waals surface area (Å²) in [5, 5.41) is 4.81. The van der Waals surface area contributed by atoms with Crippen molar-refractivity contribution in [3.63, 3.8) is 0 Å². The molecule has 0 bridgehead atoms. The molecule has 0 aliphatic carbocycles. The van der Waals surface area contributed by atoms with Crippen LogP contribution in [0.4, 0.5) is 0 Å². The van der Waals surface area contributed by atoms with Crippen LogP contribution in [0.25, 0.3) is 0 Å². The molecular formula is C16H17Cl2N. The second kappa shape index (κ2) is 7.54. The highest BCUT2D eigenvalue weighted by molar-refractivity contribution is 6.35. The Labute approximate surface area is 124 Å². The van der Waals surface area contributed by atoms with E-state index in [9.17, 15) is 0 Å². The first-order chi connectivity index (χ1) is 9.25. The molecule has 0 saturated heterocycles. The summed E-state index contributed by atoms with van der Waals surface area (Å²) in [6.45, 7) is 1.76. The summed E-state index contributed by atoms with van der Waals surface area (Å²) in [5.74, 6) is 0. The Morgan fingerprint density at radius 1 is 0.947 bits per heavy atom. The van der Waals surface area contributed by atoms with Crippen LogP contribution in [0.3, 0.4) is 0 Å². The van der Waals surface area contributed by atoms with Crippen LogP contribution in [0.1, 0.15) is 17.5 Å². The van der Waals surface area contributed by atoms with E-state index in [0.717, 1.165) is 36.5 Å². The van der Waals surface area contributed by atoms with Gasteiger partial charge in [0.15, 0.2) is 0 Å². The Morgan fingerprint density at radius 3 is 2.47 bits per heavy atom.